The molecule has 0 saturated carbocycles. The molecule has 0 spiro atoms. The molecule has 0 rings (SSSR count). The first kappa shape index (κ1) is 23.8. The van der Waals surface area contributed by atoms with Crippen LogP contribution < -0.4 is 0 Å². The van der Waals surface area contributed by atoms with Crippen molar-refractivity contribution in [2.24, 2.45) is 0 Å². The van der Waals surface area contributed by atoms with Crippen molar-refractivity contribution in [1.29, 1.82) is 0 Å². The molecule has 0 aliphatic rings. The van der Waals surface area contributed by atoms with Crippen molar-refractivity contribution < 1.29 is 19.7 Å². The third-order valence-corrected chi connectivity index (χ3v) is 4.55. The zero-order valence-corrected chi connectivity index (χ0v) is 16.4. The van der Waals surface area contributed by atoms with Gasteiger partial charge in [0.05, 0.1) is 19.8 Å². The molecular weight excluding hydrogens is 304 g/mol. The summed E-state index contributed by atoms with van der Waals surface area (Å²) in [6.45, 7) is 6.78. The fourth-order valence-corrected chi connectivity index (χ4v) is 2.76. The molecule has 0 aromatic carbocycles. The predicted molar refractivity (Wildman–Crippen MR) is 100 cm³/mol. The lowest BCUT2D eigenvalue weighted by Crippen LogP contribution is -2.49. The zero-order valence-electron chi connectivity index (χ0n) is 16.4. The van der Waals surface area contributed by atoms with E-state index < -0.39 is 11.9 Å². The SMILES string of the molecule is CCCCCCCCOC(CO)(OCCCCCCCC)C(C)O. The van der Waals surface area contributed by atoms with Crippen molar-refractivity contribution in [3.63, 3.8) is 0 Å². The van der Waals surface area contributed by atoms with Gasteiger partial charge in [0.2, 0.25) is 5.79 Å². The number of aliphatic hydroxyl groups is 2. The van der Waals surface area contributed by atoms with Crippen LogP contribution in [-0.2, 0) is 9.47 Å². The van der Waals surface area contributed by atoms with Crippen molar-refractivity contribution in [3.8, 4) is 0 Å². The van der Waals surface area contributed by atoms with E-state index >= 15 is 0 Å². The molecule has 0 bridgehead atoms. The van der Waals surface area contributed by atoms with Crippen LogP contribution in [0.15, 0.2) is 0 Å². The Kier molecular flexibility index (Phi) is 16.2. The Hall–Kier alpha value is -0.160. The molecule has 0 aromatic heterocycles. The molecule has 0 heterocycles. The minimum Gasteiger partial charge on any atom is -0.391 e. The van der Waals surface area contributed by atoms with E-state index in [0.717, 1.165) is 25.7 Å². The second kappa shape index (κ2) is 16.3. The molecule has 0 radical (unpaired) electrons. The van der Waals surface area contributed by atoms with E-state index in [0.29, 0.717) is 13.2 Å². The topological polar surface area (TPSA) is 58.9 Å². The van der Waals surface area contributed by atoms with Crippen LogP contribution >= 0.6 is 0 Å². The van der Waals surface area contributed by atoms with E-state index in [1.165, 1.54) is 51.4 Å². The average molecular weight is 347 g/mol. The molecule has 4 nitrogen and oxygen atoms in total. The van der Waals surface area contributed by atoms with Crippen LogP contribution in [0.1, 0.15) is 97.8 Å². The van der Waals surface area contributed by atoms with Crippen molar-refractivity contribution in [2.45, 2.75) is 110 Å². The van der Waals surface area contributed by atoms with E-state index in [-0.39, 0.29) is 6.61 Å². The van der Waals surface area contributed by atoms with Gasteiger partial charge >= 0.3 is 0 Å². The smallest absolute Gasteiger partial charge is 0.218 e. The fourth-order valence-electron chi connectivity index (χ4n) is 2.76. The number of aliphatic hydroxyl groups excluding tert-OH is 2. The molecule has 0 amide bonds. The second-order valence-corrected chi connectivity index (χ2v) is 6.88. The summed E-state index contributed by atoms with van der Waals surface area (Å²) in [5.41, 5.74) is 0. The summed E-state index contributed by atoms with van der Waals surface area (Å²) in [6, 6.07) is 0. The van der Waals surface area contributed by atoms with Gasteiger partial charge in [-0.3, -0.25) is 0 Å². The summed E-state index contributed by atoms with van der Waals surface area (Å²) >= 11 is 0. The monoisotopic (exact) mass is 346 g/mol. The molecule has 2 N–H and O–H groups in total. The van der Waals surface area contributed by atoms with Gasteiger partial charge in [-0.15, -0.1) is 0 Å². The van der Waals surface area contributed by atoms with Gasteiger partial charge in [0, 0.05) is 0 Å². The Morgan fingerprint density at radius 2 is 1.08 bits per heavy atom. The predicted octanol–water partition coefficient (Wildman–Crippen LogP) is 4.81. The maximum atomic E-state index is 10.00. The second-order valence-electron chi connectivity index (χ2n) is 6.88. The standard InChI is InChI=1S/C20H42O4/c1-4-6-8-10-12-14-16-23-20(18-21,19(3)22)24-17-15-13-11-9-7-5-2/h19,21-22H,4-18H2,1-3H3. The van der Waals surface area contributed by atoms with Crippen molar-refractivity contribution in [1.82, 2.24) is 0 Å². The summed E-state index contributed by atoms with van der Waals surface area (Å²) in [5, 5.41) is 19.7. The Bertz CT molecular complexity index is 238. The number of hydrogen-bond acceptors (Lipinski definition) is 4. The van der Waals surface area contributed by atoms with Gasteiger partial charge in [0.1, 0.15) is 6.10 Å². The quantitative estimate of drug-likeness (QED) is 0.276. The molecule has 0 fully saturated rings. The van der Waals surface area contributed by atoms with E-state index in [9.17, 15) is 10.2 Å². The summed E-state index contributed by atoms with van der Waals surface area (Å²) in [4.78, 5) is 0. The average Bonchev–Trinajstić information content (AvgIpc) is 2.58. The molecular formula is C20H42O4. The van der Waals surface area contributed by atoms with Crippen LogP contribution in [-0.4, -0.2) is 41.9 Å². The highest BCUT2D eigenvalue weighted by Crippen LogP contribution is 2.20. The van der Waals surface area contributed by atoms with E-state index in [1.54, 1.807) is 6.92 Å². The summed E-state index contributed by atoms with van der Waals surface area (Å²) < 4.78 is 11.5. The number of hydrogen-bond donors (Lipinski definition) is 2. The summed E-state index contributed by atoms with van der Waals surface area (Å²) in [6.07, 6.45) is 13.3. The lowest BCUT2D eigenvalue weighted by molar-refractivity contribution is -0.295. The number of ether oxygens (including phenoxy) is 2. The highest BCUT2D eigenvalue weighted by atomic mass is 16.7. The molecule has 0 aliphatic carbocycles. The van der Waals surface area contributed by atoms with E-state index in [1.807, 2.05) is 0 Å². The minimum atomic E-state index is -1.26. The maximum Gasteiger partial charge on any atom is 0.218 e. The Labute approximate surface area is 149 Å². The number of unbranched alkanes of at least 4 members (excludes halogenated alkanes) is 10. The van der Waals surface area contributed by atoms with Gasteiger partial charge in [0.25, 0.3) is 0 Å². The lowest BCUT2D eigenvalue weighted by atomic mass is 10.1. The van der Waals surface area contributed by atoms with Gasteiger partial charge in [-0.05, 0) is 19.8 Å². The molecule has 0 aliphatic heterocycles. The molecule has 4 heteroatoms. The molecule has 1 unspecified atom stereocenters. The summed E-state index contributed by atoms with van der Waals surface area (Å²) in [5.74, 6) is -1.26. The third-order valence-electron chi connectivity index (χ3n) is 4.55. The molecule has 0 aromatic rings. The highest BCUT2D eigenvalue weighted by Gasteiger charge is 2.37. The fraction of sp³-hybridized carbons (Fsp3) is 1.00. The third kappa shape index (κ3) is 11.4. The van der Waals surface area contributed by atoms with E-state index in [4.69, 9.17) is 9.47 Å². The largest absolute Gasteiger partial charge is 0.391 e. The lowest BCUT2D eigenvalue weighted by Gasteiger charge is -2.34. The Balaban J connectivity index is 3.95. The van der Waals surface area contributed by atoms with Gasteiger partial charge in [-0.25, -0.2) is 0 Å². The molecule has 1 atom stereocenters. The van der Waals surface area contributed by atoms with Gasteiger partial charge in [0.15, 0.2) is 0 Å². The first-order valence-corrected chi connectivity index (χ1v) is 10.2. The zero-order chi connectivity index (χ0) is 18.1. The number of rotatable bonds is 18. The van der Waals surface area contributed by atoms with Crippen LogP contribution in [0.4, 0.5) is 0 Å². The minimum absolute atomic E-state index is 0.309. The normalized spacial score (nSPS) is 13.4. The van der Waals surface area contributed by atoms with Crippen molar-refractivity contribution in [2.75, 3.05) is 19.8 Å². The van der Waals surface area contributed by atoms with Crippen LogP contribution in [0.3, 0.4) is 0 Å². The molecule has 146 valence electrons. The highest BCUT2D eigenvalue weighted by molar-refractivity contribution is 4.75. The van der Waals surface area contributed by atoms with Crippen LogP contribution in [0.5, 0.6) is 0 Å². The van der Waals surface area contributed by atoms with Gasteiger partial charge < -0.3 is 19.7 Å². The first-order valence-electron chi connectivity index (χ1n) is 10.2. The molecule has 0 saturated heterocycles. The van der Waals surface area contributed by atoms with Crippen LogP contribution in [0.25, 0.3) is 0 Å². The van der Waals surface area contributed by atoms with Crippen molar-refractivity contribution in [3.05, 3.63) is 0 Å². The van der Waals surface area contributed by atoms with Crippen LogP contribution in [0, 0.1) is 0 Å². The van der Waals surface area contributed by atoms with E-state index in [2.05, 4.69) is 13.8 Å². The van der Waals surface area contributed by atoms with Gasteiger partial charge in [-0.2, -0.15) is 0 Å². The Morgan fingerprint density at radius 3 is 1.42 bits per heavy atom. The first-order chi connectivity index (χ1) is 11.6. The molecule has 24 heavy (non-hydrogen) atoms. The van der Waals surface area contributed by atoms with Crippen LogP contribution in [0.2, 0.25) is 0 Å². The summed E-state index contributed by atoms with van der Waals surface area (Å²) in [7, 11) is 0. The van der Waals surface area contributed by atoms with Gasteiger partial charge in [-0.1, -0.05) is 78.1 Å². The maximum absolute atomic E-state index is 10.00. The Morgan fingerprint density at radius 1 is 0.708 bits per heavy atom. The van der Waals surface area contributed by atoms with Crippen molar-refractivity contribution >= 4 is 0 Å².